The van der Waals surface area contributed by atoms with Crippen LogP contribution in [0.4, 0.5) is 0 Å². The van der Waals surface area contributed by atoms with Crippen LogP contribution in [-0.2, 0) is 9.59 Å². The molecule has 11 nitrogen and oxygen atoms in total. The molecule has 2 aromatic rings. The van der Waals surface area contributed by atoms with Crippen molar-refractivity contribution in [3.05, 3.63) is 59.7 Å². The predicted octanol–water partition coefficient (Wildman–Crippen LogP) is 1.71. The number of carboxylic acid groups (broad SMARTS) is 2. The van der Waals surface area contributed by atoms with Crippen LogP contribution in [0.25, 0.3) is 0 Å². The molecule has 0 bridgehead atoms. The fraction of sp³-hybridized carbons (Fsp3) is 0.111. The standard InChI is InChI=1S/2C9H8O4.Al.3H2O/c2*1-6(10)13-8-5-3-2-4-7(8)9(11)12;;;;/h2*2-5H,1H3,(H,11,12);;3*1H2/q;;+3;;;/p-3. The second-order valence-electron chi connectivity index (χ2n) is 4.79. The van der Waals surface area contributed by atoms with Gasteiger partial charge in [0.25, 0.3) is 0 Å². The number of hydrogen-bond donors (Lipinski definition) is 2. The summed E-state index contributed by atoms with van der Waals surface area (Å²) < 4.78 is 9.37. The number of carbonyl (C=O) groups is 4. The van der Waals surface area contributed by atoms with Gasteiger partial charge < -0.3 is 36.1 Å². The number of ether oxygens (including phenoxy) is 2. The second-order valence-corrected chi connectivity index (χ2v) is 4.79. The van der Waals surface area contributed by atoms with E-state index in [1.165, 1.54) is 38.1 Å². The average Bonchev–Trinajstić information content (AvgIpc) is 2.55. The molecule has 5 N–H and O–H groups in total. The average molecular weight is 438 g/mol. The van der Waals surface area contributed by atoms with Crippen LogP contribution in [0, 0.1) is 0 Å². The first kappa shape index (κ1) is 34.3. The normalized spacial score (nSPS) is 8.07. The predicted molar refractivity (Wildman–Crippen MR) is 101 cm³/mol. The molecule has 0 aliphatic carbocycles. The van der Waals surface area contributed by atoms with Crippen LogP contribution < -0.4 is 9.47 Å². The first-order valence-electron chi connectivity index (χ1n) is 7.23. The molecule has 2 aromatic carbocycles. The van der Waals surface area contributed by atoms with Crippen LogP contribution in [0.1, 0.15) is 34.6 Å². The summed E-state index contributed by atoms with van der Waals surface area (Å²) in [4.78, 5) is 42.4. The van der Waals surface area contributed by atoms with Gasteiger partial charge in [-0.1, -0.05) is 24.3 Å². The number of rotatable bonds is 4. The van der Waals surface area contributed by atoms with Gasteiger partial charge in [0.2, 0.25) is 0 Å². The molecule has 0 saturated carbocycles. The third-order valence-electron chi connectivity index (χ3n) is 2.74. The third kappa shape index (κ3) is 11.5. The van der Waals surface area contributed by atoms with Crippen LogP contribution in [0.15, 0.2) is 48.5 Å². The van der Waals surface area contributed by atoms with Gasteiger partial charge in [0.1, 0.15) is 22.6 Å². The van der Waals surface area contributed by atoms with Gasteiger partial charge in [-0.25, -0.2) is 9.59 Å². The summed E-state index contributed by atoms with van der Waals surface area (Å²) >= 11 is 0. The van der Waals surface area contributed by atoms with E-state index in [1.54, 1.807) is 24.3 Å². The van der Waals surface area contributed by atoms with Gasteiger partial charge in [-0.05, 0) is 24.3 Å². The van der Waals surface area contributed by atoms with Crippen molar-refractivity contribution < 1.29 is 55.3 Å². The topological polar surface area (TPSA) is 217 Å². The molecule has 0 aliphatic heterocycles. The molecule has 0 fully saturated rings. The van der Waals surface area contributed by atoms with Crippen LogP contribution >= 0.6 is 0 Å². The van der Waals surface area contributed by atoms with Gasteiger partial charge >= 0.3 is 41.2 Å². The summed E-state index contributed by atoms with van der Waals surface area (Å²) in [5.74, 6) is -3.15. The number of esters is 2. The van der Waals surface area contributed by atoms with Crippen molar-refractivity contribution >= 4 is 41.2 Å². The molecule has 0 heterocycles. The van der Waals surface area contributed by atoms with Gasteiger partial charge in [0.15, 0.2) is 0 Å². The van der Waals surface area contributed by atoms with Gasteiger partial charge in [-0.15, -0.1) is 0 Å². The van der Waals surface area contributed by atoms with E-state index in [2.05, 4.69) is 9.47 Å². The summed E-state index contributed by atoms with van der Waals surface area (Å²) in [5.41, 5.74) is -0.0320. The van der Waals surface area contributed by atoms with Crippen LogP contribution in [-0.4, -0.2) is 67.9 Å². The first-order valence-corrected chi connectivity index (χ1v) is 7.23. The number of para-hydroxylation sites is 2. The van der Waals surface area contributed by atoms with Crippen molar-refractivity contribution in [2.24, 2.45) is 0 Å². The van der Waals surface area contributed by atoms with Gasteiger partial charge in [0, 0.05) is 13.8 Å². The zero-order valence-corrected chi connectivity index (χ0v) is 17.0. The number of carboxylic acids is 2. The fourth-order valence-electron chi connectivity index (χ4n) is 1.77. The summed E-state index contributed by atoms with van der Waals surface area (Å²) in [7, 11) is 0. The molecule has 0 spiro atoms. The zero-order valence-electron chi connectivity index (χ0n) is 15.9. The Morgan fingerprint density at radius 1 is 0.633 bits per heavy atom. The molecule has 0 saturated heterocycles. The number of hydrogen-bond acceptors (Lipinski definition) is 9. The molecule has 12 heteroatoms. The number of benzene rings is 2. The maximum atomic E-state index is 10.6. The Hall–Kier alpha value is -3.27. The first-order chi connectivity index (χ1) is 12.2. The molecule has 0 aromatic heterocycles. The Morgan fingerprint density at radius 3 is 1.13 bits per heavy atom. The molecule has 0 atom stereocenters. The maximum absolute atomic E-state index is 10.6. The minimum atomic E-state index is -1.11. The van der Waals surface area contributed by atoms with Gasteiger partial charge in [-0.2, -0.15) is 0 Å². The Bertz CT molecular complexity index is 767. The summed E-state index contributed by atoms with van der Waals surface area (Å²) in [6.07, 6.45) is 0. The Morgan fingerprint density at radius 2 is 0.900 bits per heavy atom. The van der Waals surface area contributed by atoms with E-state index >= 15 is 0 Å². The van der Waals surface area contributed by atoms with E-state index in [9.17, 15) is 19.2 Å². The van der Waals surface area contributed by atoms with E-state index in [0.29, 0.717) is 0 Å². The second kappa shape index (κ2) is 16.7. The molecule has 30 heavy (non-hydrogen) atoms. The van der Waals surface area contributed by atoms with Crippen LogP contribution in [0.2, 0.25) is 0 Å². The molecule has 0 unspecified atom stereocenters. The molecule has 2 rings (SSSR count). The fourth-order valence-corrected chi connectivity index (χ4v) is 1.77. The third-order valence-corrected chi connectivity index (χ3v) is 2.74. The molecule has 0 radical (unpaired) electrons. The zero-order chi connectivity index (χ0) is 19.7. The van der Waals surface area contributed by atoms with Crippen molar-refractivity contribution in [2.75, 3.05) is 0 Å². The van der Waals surface area contributed by atoms with E-state index in [1.807, 2.05) is 0 Å². The van der Waals surface area contributed by atoms with E-state index < -0.39 is 23.9 Å². The molecule has 0 aliphatic rings. The number of carbonyl (C=O) groups excluding carboxylic acids is 2. The van der Waals surface area contributed by atoms with E-state index in [0.717, 1.165) is 0 Å². The minimum absolute atomic E-state index is 0. The SMILES string of the molecule is CC(=O)Oc1ccccc1C(=O)O.CC(=O)Oc1ccccc1C(=O)O.[Al+3].[OH-].[OH-].[OH-]. The Kier molecular flexibility index (Phi) is 19.0. The van der Waals surface area contributed by atoms with E-state index in [4.69, 9.17) is 10.2 Å². The van der Waals surface area contributed by atoms with Gasteiger partial charge in [0.05, 0.1) is 0 Å². The van der Waals surface area contributed by atoms with Crippen molar-refractivity contribution in [3.63, 3.8) is 0 Å². The summed E-state index contributed by atoms with van der Waals surface area (Å²) in [5, 5.41) is 17.4. The Labute approximate surface area is 181 Å². The largest absolute Gasteiger partial charge is 3.00 e. The smallest absolute Gasteiger partial charge is 0.870 e. The van der Waals surface area contributed by atoms with Crippen LogP contribution in [0.3, 0.4) is 0 Å². The summed E-state index contributed by atoms with van der Waals surface area (Å²) in [6, 6.07) is 12.0. The van der Waals surface area contributed by atoms with Crippen molar-refractivity contribution in [3.8, 4) is 11.5 Å². The van der Waals surface area contributed by atoms with E-state index in [-0.39, 0.29) is 56.4 Å². The Balaban J connectivity index is -0.000000199. The monoisotopic (exact) mass is 438 g/mol. The van der Waals surface area contributed by atoms with Crippen molar-refractivity contribution in [1.29, 1.82) is 0 Å². The molecule has 160 valence electrons. The van der Waals surface area contributed by atoms with Crippen LogP contribution in [0.5, 0.6) is 11.5 Å². The number of aromatic carboxylic acids is 2. The van der Waals surface area contributed by atoms with Crippen molar-refractivity contribution in [2.45, 2.75) is 13.8 Å². The van der Waals surface area contributed by atoms with Gasteiger partial charge in [-0.3, -0.25) is 9.59 Å². The molecular weight excluding hydrogens is 419 g/mol. The quantitative estimate of drug-likeness (QED) is 0.397. The summed E-state index contributed by atoms with van der Waals surface area (Å²) in [6.45, 7) is 2.44. The molecule has 0 amide bonds. The van der Waals surface area contributed by atoms with Crippen molar-refractivity contribution in [1.82, 2.24) is 0 Å². The maximum Gasteiger partial charge on any atom is 3.00 e. The minimum Gasteiger partial charge on any atom is -0.870 e. The molecular formula is C18H19AlO11.